The van der Waals surface area contributed by atoms with Gasteiger partial charge < -0.3 is 9.32 Å². The van der Waals surface area contributed by atoms with Gasteiger partial charge in [0.25, 0.3) is 0 Å². The maximum Gasteiger partial charge on any atom is 0.167 e. The van der Waals surface area contributed by atoms with Crippen molar-refractivity contribution in [2.45, 2.75) is 0 Å². The number of rotatable bonds is 8. The summed E-state index contributed by atoms with van der Waals surface area (Å²) >= 11 is 0. The number of fused-ring (bicyclic) bond motifs is 3. The highest BCUT2D eigenvalue weighted by atomic mass is 16.3. The van der Waals surface area contributed by atoms with Crippen LogP contribution in [0.3, 0.4) is 0 Å². The van der Waals surface area contributed by atoms with Crippen LogP contribution in [0.2, 0.25) is 0 Å². The molecule has 36 radical (unpaired) electrons. The second-order valence-corrected chi connectivity index (χ2v) is 17.5. The van der Waals surface area contributed by atoms with E-state index in [2.05, 4.69) is 0 Å². The third-order valence-corrected chi connectivity index (χ3v) is 13.3. The van der Waals surface area contributed by atoms with E-state index in [4.69, 9.17) is 161 Å². The van der Waals surface area contributed by atoms with Crippen LogP contribution in [0.1, 0.15) is 0 Å². The van der Waals surface area contributed by atoms with E-state index in [1.165, 1.54) is 4.90 Å². The van der Waals surface area contributed by atoms with Gasteiger partial charge in [-0.1, -0.05) is 150 Å². The van der Waals surface area contributed by atoms with Crippen LogP contribution in [0.5, 0.6) is 0 Å². The van der Waals surface area contributed by atoms with Crippen LogP contribution in [0.15, 0.2) is 101 Å². The summed E-state index contributed by atoms with van der Waals surface area (Å²) in [5.74, 6) is 1.20. The SMILES string of the molecule is [B]c1c([B])c([B])c(-c2c([B])c([B])c(N(c3c([B])c([B])c([B])c([B])c3[B])c3c([B])c([B])c(-c4ccc(-c5nc(-c6ccccc6)nc(-c6ccccc6)n5)c5oc6ccccc6c45)c([B])c3[B])c([B])c2[B])c([B])c1[B]. The first kappa shape index (κ1) is 51.0. The number of para-hydroxylation sites is 1. The Hall–Kier alpha value is -6.46. The average molecular weight is 895 g/mol. The van der Waals surface area contributed by atoms with Gasteiger partial charge in [-0.3, -0.25) is 0 Å². The Morgan fingerprint density at radius 3 is 1.07 bits per heavy atom. The van der Waals surface area contributed by atoms with Gasteiger partial charge in [-0.25, -0.2) is 15.0 Å². The highest BCUT2D eigenvalue weighted by Crippen LogP contribution is 2.41. The van der Waals surface area contributed by atoms with Crippen molar-refractivity contribution in [3.05, 3.63) is 97.1 Å². The molecule has 10 aromatic rings. The lowest BCUT2D eigenvalue weighted by Crippen LogP contribution is -2.59. The molecule has 0 unspecified atom stereocenters. The lowest BCUT2D eigenvalue weighted by molar-refractivity contribution is 0.669. The maximum absolute atomic E-state index is 7.22. The fourth-order valence-corrected chi connectivity index (χ4v) is 9.34. The van der Waals surface area contributed by atoms with Crippen LogP contribution in [0, 0.1) is 0 Å². The summed E-state index contributed by atoms with van der Waals surface area (Å²) < 4.78 is 6.69. The molecule has 0 saturated carbocycles. The lowest BCUT2D eigenvalue weighted by atomic mass is 9.56. The Bertz CT molecular complexity index is 3850. The van der Waals surface area contributed by atoms with Gasteiger partial charge in [-0.05, 0) is 34.4 Å². The van der Waals surface area contributed by atoms with Gasteiger partial charge in [0.1, 0.15) is 152 Å². The van der Waals surface area contributed by atoms with Crippen LogP contribution in [0.4, 0.5) is 17.1 Å². The second-order valence-electron chi connectivity index (χ2n) is 17.5. The normalized spacial score (nSPS) is 11.4. The van der Waals surface area contributed by atoms with Crippen molar-refractivity contribution in [3.8, 4) is 56.4 Å². The third kappa shape index (κ3) is 7.93. The Morgan fingerprint density at radius 1 is 0.297 bits per heavy atom. The van der Waals surface area contributed by atoms with Crippen molar-refractivity contribution in [2.24, 2.45) is 0 Å². The summed E-state index contributed by atoms with van der Waals surface area (Å²) in [4.78, 5) is 16.1. The number of anilines is 3. The molecule has 0 N–H and O–H groups in total. The summed E-state index contributed by atoms with van der Waals surface area (Å²) in [6.07, 6.45) is 0. The molecule has 2 heterocycles. The second kappa shape index (κ2) is 19.3. The minimum Gasteiger partial charge on any atom is -0.455 e. The first-order valence-electron chi connectivity index (χ1n) is 22.4. The number of benzene rings is 8. The first-order chi connectivity index (χ1) is 35.3. The summed E-state index contributed by atoms with van der Waals surface area (Å²) in [5.41, 5.74) is 0.305. The molecule has 5 nitrogen and oxygen atoms in total. The molecule has 8 aromatic carbocycles. The maximum atomic E-state index is 7.22. The van der Waals surface area contributed by atoms with Gasteiger partial charge in [0.05, 0.1) is 5.56 Å². The Labute approximate surface area is 453 Å². The smallest absolute Gasteiger partial charge is 0.167 e. The van der Waals surface area contributed by atoms with Crippen LogP contribution in [-0.2, 0) is 0 Å². The fourth-order valence-electron chi connectivity index (χ4n) is 9.34. The average Bonchev–Trinajstić information content (AvgIpc) is 3.81. The molecule has 0 aliphatic rings. The highest BCUT2D eigenvalue weighted by Gasteiger charge is 2.31. The van der Waals surface area contributed by atoms with E-state index < -0.39 is 0 Å². The molecule has 0 aliphatic carbocycles. The largest absolute Gasteiger partial charge is 0.455 e. The summed E-state index contributed by atoms with van der Waals surface area (Å²) in [7, 11) is 121. The van der Waals surface area contributed by atoms with Crippen LogP contribution in [0.25, 0.3) is 78.4 Å². The summed E-state index contributed by atoms with van der Waals surface area (Å²) in [6.45, 7) is 0. The fraction of sp³-hybridized carbons (Fsp3) is 0. The van der Waals surface area contributed by atoms with E-state index in [1.54, 1.807) is 12.1 Å². The van der Waals surface area contributed by atoms with Crippen molar-refractivity contribution in [1.29, 1.82) is 0 Å². The zero-order valence-electron chi connectivity index (χ0n) is 39.3. The van der Waals surface area contributed by atoms with Gasteiger partial charge in [0, 0.05) is 39.0 Å². The number of nitrogens with zero attached hydrogens (tertiary/aromatic N) is 4. The van der Waals surface area contributed by atoms with Crippen molar-refractivity contribution in [2.75, 3.05) is 4.90 Å². The molecular weight excluding hydrogens is 879 g/mol. The van der Waals surface area contributed by atoms with Gasteiger partial charge in [-0.2, -0.15) is 0 Å². The van der Waals surface area contributed by atoms with E-state index in [9.17, 15) is 0 Å². The zero-order chi connectivity index (χ0) is 52.9. The van der Waals surface area contributed by atoms with Gasteiger partial charge in [-0.15, -0.1) is 32.8 Å². The highest BCUT2D eigenvalue weighted by molar-refractivity contribution is 6.73. The van der Waals surface area contributed by atoms with Gasteiger partial charge in [0.2, 0.25) is 0 Å². The predicted octanol–water partition coefficient (Wildman–Crippen LogP) is -8.14. The molecule has 0 atom stereocenters. The molecule has 0 bridgehead atoms. The molecular formula is C51H16B18N4O. The number of hydrogen-bond donors (Lipinski definition) is 0. The molecule has 0 amide bonds. The number of aromatic nitrogens is 3. The predicted molar refractivity (Wildman–Crippen MR) is 326 cm³/mol. The Balaban J connectivity index is 1.25. The van der Waals surface area contributed by atoms with Gasteiger partial charge >= 0.3 is 0 Å². The van der Waals surface area contributed by atoms with Crippen molar-refractivity contribution in [1.82, 2.24) is 15.0 Å². The molecule has 2 aromatic heterocycles. The lowest BCUT2D eigenvalue weighted by Gasteiger charge is -2.40. The Morgan fingerprint density at radius 2 is 0.622 bits per heavy atom. The van der Waals surface area contributed by atoms with Crippen LogP contribution in [-0.4, -0.2) is 156 Å². The number of hydrogen-bond acceptors (Lipinski definition) is 5. The molecule has 23 heteroatoms. The minimum atomic E-state index is -0.265. The van der Waals surface area contributed by atoms with Gasteiger partial charge in [0.15, 0.2) is 17.5 Å². The molecule has 0 fully saturated rings. The minimum absolute atomic E-state index is 0.00504. The standard InChI is InChI=1S/C51H16B18N4O/c52-27-24(20-15-16-21(48-23(20)19-13-7-8-14-22(19)74-48)51-71-49(17-9-3-1-4-10-17)70-50(72-51)18-11-5-2-6-12-18)28(53)40(65)45(39(27)64)73(47-43(68)37(62)36(61)38(63)44(47)69)46-41(66)31(56)26(32(57)42(46)67)25-29(54)33(58)35(60)34(59)30(25)55/h1-16H. The Kier molecular flexibility index (Phi) is 13.3. The third-order valence-electron chi connectivity index (χ3n) is 13.3. The summed E-state index contributed by atoms with van der Waals surface area (Å²) in [5, 5.41) is 1.26. The molecule has 0 spiro atoms. The van der Waals surface area contributed by atoms with E-state index in [1.807, 2.05) is 84.9 Å². The van der Waals surface area contributed by atoms with Crippen molar-refractivity contribution in [3.63, 3.8) is 0 Å². The molecule has 74 heavy (non-hydrogen) atoms. The monoisotopic (exact) mass is 898 g/mol. The molecule has 10 rings (SSSR count). The zero-order valence-corrected chi connectivity index (χ0v) is 39.3. The van der Waals surface area contributed by atoms with Crippen molar-refractivity contribution >= 4 is 279 Å². The quantitative estimate of drug-likeness (QED) is 0.142. The van der Waals surface area contributed by atoms with E-state index in [0.717, 1.165) is 11.1 Å². The van der Waals surface area contributed by atoms with Crippen LogP contribution < -0.4 is 103 Å². The molecule has 0 aliphatic heterocycles. The topological polar surface area (TPSA) is 55.1 Å². The van der Waals surface area contributed by atoms with Crippen LogP contribution >= 0.6 is 0 Å². The van der Waals surface area contributed by atoms with E-state index in [0.29, 0.717) is 50.5 Å². The number of furan rings is 1. The first-order valence-corrected chi connectivity index (χ1v) is 22.4. The van der Waals surface area contributed by atoms with E-state index in [-0.39, 0.29) is 132 Å². The molecule has 0 saturated heterocycles. The molecule has 300 valence electrons. The van der Waals surface area contributed by atoms with E-state index >= 15 is 0 Å². The summed E-state index contributed by atoms with van der Waals surface area (Å²) in [6, 6.07) is 30.1. The van der Waals surface area contributed by atoms with Crippen molar-refractivity contribution < 1.29 is 4.42 Å².